The predicted octanol–water partition coefficient (Wildman–Crippen LogP) is 8.11. The van der Waals surface area contributed by atoms with Gasteiger partial charge in [-0.05, 0) is 53.4 Å². The van der Waals surface area contributed by atoms with Crippen molar-refractivity contribution >= 4 is 3.21 Å². The molecule has 0 atom stereocenters. The van der Waals surface area contributed by atoms with Gasteiger partial charge in [-0.2, -0.15) is 6.08 Å². The molecular formula is C55H56Cl2Zr-2. The molecule has 0 aromatic heterocycles. The Morgan fingerprint density at radius 3 is 1.53 bits per heavy atom. The standard InChI is InChI=1S/C35H37.C15H14.C5H5.2ClH.Zr/c1-22-9-13-24(14-10-22)30-18-26-17-27-19-31(25-15-11-23(2)12-16-25)33(35(6,7)8)21-29(27)28(26)20-32(30)34(3,4)5;1-3-8-14(9-4-1)12-7-13-15-10-5-2-6-11-15;1-2-4-5-3-1;;;/h9-16,18,20-21H,17H2,1-8H3;1-6,8-11H,12-13H2;1-3H,4H2;2*1H;/q-1;;-1;;;+2/p-2. The van der Waals surface area contributed by atoms with E-state index in [1.54, 1.807) is 27.4 Å². The Balaban J connectivity index is 0.000000268. The maximum atomic E-state index is 3.91. The maximum absolute atomic E-state index is 3.91. The first-order valence-corrected chi connectivity index (χ1v) is 21.3. The molecule has 0 amide bonds. The molecule has 0 saturated carbocycles. The number of hydrogen-bond acceptors (Lipinski definition) is 0. The number of allylic oxidation sites excluding steroid dienone is 4. The molecule has 0 fully saturated rings. The van der Waals surface area contributed by atoms with Crippen LogP contribution in [-0.4, -0.2) is 3.21 Å². The van der Waals surface area contributed by atoms with Gasteiger partial charge in [0.2, 0.25) is 0 Å². The molecule has 0 aliphatic heterocycles. The van der Waals surface area contributed by atoms with E-state index in [1.165, 1.54) is 77.9 Å². The second-order valence-electron chi connectivity index (χ2n) is 17.3. The van der Waals surface area contributed by atoms with Crippen molar-refractivity contribution in [2.75, 3.05) is 0 Å². The number of halogens is 2. The molecule has 58 heavy (non-hydrogen) atoms. The molecule has 0 N–H and O–H groups in total. The van der Waals surface area contributed by atoms with E-state index < -0.39 is 0 Å². The Morgan fingerprint density at radius 2 is 1.09 bits per heavy atom. The summed E-state index contributed by atoms with van der Waals surface area (Å²) < 4.78 is 1.60. The van der Waals surface area contributed by atoms with E-state index in [1.807, 2.05) is 12.2 Å². The van der Waals surface area contributed by atoms with Crippen molar-refractivity contribution in [2.24, 2.45) is 0 Å². The normalized spacial score (nSPS) is 12.2. The summed E-state index contributed by atoms with van der Waals surface area (Å²) in [6, 6.07) is 50.6. The minimum absolute atomic E-state index is 0. The van der Waals surface area contributed by atoms with Crippen LogP contribution in [-0.2, 0) is 54.3 Å². The van der Waals surface area contributed by atoms with Crippen LogP contribution in [0.1, 0.15) is 92.5 Å². The van der Waals surface area contributed by atoms with Crippen LogP contribution in [0.5, 0.6) is 0 Å². The van der Waals surface area contributed by atoms with Crippen LogP contribution in [0.3, 0.4) is 0 Å². The summed E-state index contributed by atoms with van der Waals surface area (Å²) in [4.78, 5) is 0. The van der Waals surface area contributed by atoms with Crippen molar-refractivity contribution in [3.63, 3.8) is 0 Å². The molecule has 2 aliphatic carbocycles. The van der Waals surface area contributed by atoms with Gasteiger partial charge < -0.3 is 24.8 Å². The molecule has 296 valence electrons. The third-order valence-corrected chi connectivity index (χ3v) is 11.4. The van der Waals surface area contributed by atoms with Crippen molar-refractivity contribution in [1.29, 1.82) is 0 Å². The summed E-state index contributed by atoms with van der Waals surface area (Å²) >= 11 is 1.55. The molecule has 0 spiro atoms. The topological polar surface area (TPSA) is 0 Å². The van der Waals surface area contributed by atoms with Crippen LogP contribution in [0.25, 0.3) is 33.4 Å². The van der Waals surface area contributed by atoms with Crippen molar-refractivity contribution in [3.05, 3.63) is 202 Å². The zero-order chi connectivity index (χ0) is 39.9. The third-order valence-electron chi connectivity index (χ3n) is 10.5. The Bertz CT molecular complexity index is 2150. The summed E-state index contributed by atoms with van der Waals surface area (Å²) in [5.41, 5.74) is 19.0. The van der Waals surface area contributed by atoms with Crippen LogP contribution >= 0.6 is 0 Å². The molecule has 6 aromatic rings. The zero-order valence-corrected chi connectivity index (χ0v) is 39.4. The van der Waals surface area contributed by atoms with Gasteiger partial charge in [-0.3, -0.25) is 6.08 Å². The Kier molecular flexibility index (Phi) is 16.9. The number of benzene rings is 6. The van der Waals surface area contributed by atoms with Gasteiger partial charge >= 0.3 is 112 Å². The number of hydrogen-bond donors (Lipinski definition) is 0. The Labute approximate surface area is 377 Å². The average molecular weight is 879 g/mol. The van der Waals surface area contributed by atoms with E-state index in [0.717, 1.165) is 25.7 Å². The van der Waals surface area contributed by atoms with Gasteiger partial charge in [0.25, 0.3) is 0 Å². The summed E-state index contributed by atoms with van der Waals surface area (Å²) in [5.74, 6) is 0. The molecule has 0 saturated heterocycles. The van der Waals surface area contributed by atoms with Gasteiger partial charge in [-0.1, -0.05) is 130 Å². The fourth-order valence-electron chi connectivity index (χ4n) is 7.42. The van der Waals surface area contributed by atoms with Crippen LogP contribution in [0.15, 0.2) is 146 Å². The molecule has 6 aromatic carbocycles. The molecule has 3 heteroatoms. The molecule has 0 unspecified atom stereocenters. The van der Waals surface area contributed by atoms with Gasteiger partial charge in [-0.15, -0.1) is 35.2 Å². The molecule has 0 bridgehead atoms. The summed E-state index contributed by atoms with van der Waals surface area (Å²) in [7, 11) is 0. The third kappa shape index (κ3) is 12.3. The predicted molar refractivity (Wildman–Crippen MR) is 238 cm³/mol. The van der Waals surface area contributed by atoms with Gasteiger partial charge in [0, 0.05) is 0 Å². The van der Waals surface area contributed by atoms with Crippen LogP contribution in [0.2, 0.25) is 0 Å². The van der Waals surface area contributed by atoms with Gasteiger partial charge in [0.1, 0.15) is 0 Å². The van der Waals surface area contributed by atoms with E-state index in [0.29, 0.717) is 0 Å². The van der Waals surface area contributed by atoms with Gasteiger partial charge in [0.15, 0.2) is 0 Å². The number of fused-ring (bicyclic) bond motifs is 3. The molecule has 8 rings (SSSR count). The molecular weight excluding hydrogens is 823 g/mol. The first-order valence-electron chi connectivity index (χ1n) is 20.0. The van der Waals surface area contributed by atoms with E-state index in [2.05, 4.69) is 201 Å². The molecule has 0 radical (unpaired) electrons. The quantitative estimate of drug-likeness (QED) is 0.148. The van der Waals surface area contributed by atoms with Crippen LogP contribution in [0, 0.1) is 26.0 Å². The first-order chi connectivity index (χ1) is 26.8. The molecule has 2 aliphatic rings. The van der Waals surface area contributed by atoms with Crippen molar-refractivity contribution in [2.45, 2.75) is 91.9 Å². The molecule has 0 heterocycles. The fraction of sp³-hybridized carbons (Fsp3) is 0.255. The van der Waals surface area contributed by atoms with Crippen molar-refractivity contribution in [3.8, 4) is 33.4 Å². The second kappa shape index (κ2) is 20.9. The number of rotatable bonds is 6. The Hall–Kier alpha value is -3.87. The average Bonchev–Trinajstić information content (AvgIpc) is 3.87. The summed E-state index contributed by atoms with van der Waals surface area (Å²) in [6.45, 7) is 18.2. The number of aryl methyl sites for hydroxylation is 2. The van der Waals surface area contributed by atoms with Crippen LogP contribution < -0.4 is 24.8 Å². The van der Waals surface area contributed by atoms with Crippen molar-refractivity contribution in [1.82, 2.24) is 0 Å². The first kappa shape index (κ1) is 46.8. The van der Waals surface area contributed by atoms with E-state index in [-0.39, 0.29) is 35.6 Å². The van der Waals surface area contributed by atoms with E-state index in [4.69, 9.17) is 0 Å². The minimum atomic E-state index is 0. The van der Waals surface area contributed by atoms with Gasteiger partial charge in [-0.25, -0.2) is 12.2 Å². The van der Waals surface area contributed by atoms with E-state index in [9.17, 15) is 0 Å². The zero-order valence-electron chi connectivity index (χ0n) is 35.4. The monoisotopic (exact) mass is 876 g/mol. The second-order valence-corrected chi connectivity index (χ2v) is 19.1. The van der Waals surface area contributed by atoms with Crippen molar-refractivity contribution < 1.29 is 49.0 Å². The van der Waals surface area contributed by atoms with Gasteiger partial charge in [0.05, 0.1) is 0 Å². The SMILES string of the molecule is Cc1ccc(-c2[c-]c3c(cc2C(C)(C)C)-c2cc(C(C)(C)C)c(-c4ccc(C)cc4)cc2C3)cc1.[C-]1=CC=CC1.[Cl-].[Cl-].[Zr+2]=[C](Cc1ccccc1)Cc1ccccc1. The summed E-state index contributed by atoms with van der Waals surface area (Å²) in [6.07, 6.45) is 13.2. The molecule has 0 nitrogen and oxygen atoms in total. The van der Waals surface area contributed by atoms with E-state index >= 15 is 0 Å². The summed E-state index contributed by atoms with van der Waals surface area (Å²) in [5, 5.41) is 0. The Morgan fingerprint density at radius 1 is 0.586 bits per heavy atom. The van der Waals surface area contributed by atoms with Crippen LogP contribution in [0.4, 0.5) is 0 Å². The fourth-order valence-corrected chi connectivity index (χ4v) is 8.42.